The Labute approximate surface area is 85.8 Å². The Morgan fingerprint density at radius 2 is 2.07 bits per heavy atom. The number of ether oxygens (including phenoxy) is 2. The van der Waals surface area contributed by atoms with Crippen molar-refractivity contribution in [3.63, 3.8) is 0 Å². The number of esters is 1. The highest BCUT2D eigenvalue weighted by Gasteiger charge is 2.10. The number of nitrogens with two attached hydrogens (primary N) is 1. The Balaban J connectivity index is 3.44. The molecular weight excluding hydrogens is 182 g/mol. The van der Waals surface area contributed by atoms with Crippen molar-refractivity contribution in [1.82, 2.24) is 0 Å². The van der Waals surface area contributed by atoms with Gasteiger partial charge >= 0.3 is 5.97 Å². The molecule has 0 aliphatic heterocycles. The molecule has 0 saturated carbocycles. The van der Waals surface area contributed by atoms with Crippen LogP contribution in [0.5, 0.6) is 0 Å². The van der Waals surface area contributed by atoms with Crippen LogP contribution in [0.1, 0.15) is 26.7 Å². The number of hydrogen-bond donors (Lipinski definition) is 1. The van der Waals surface area contributed by atoms with Crippen LogP contribution in [0.3, 0.4) is 0 Å². The van der Waals surface area contributed by atoms with E-state index >= 15 is 0 Å². The largest absolute Gasteiger partial charge is 0.463 e. The van der Waals surface area contributed by atoms with E-state index in [1.165, 1.54) is 0 Å². The Kier molecular flexibility index (Phi) is 8.57. The molecule has 0 amide bonds. The molecule has 0 aromatic heterocycles. The topological polar surface area (TPSA) is 61.5 Å². The molecule has 0 aliphatic carbocycles. The van der Waals surface area contributed by atoms with Crippen LogP contribution in [-0.2, 0) is 14.3 Å². The second-order valence-electron chi connectivity index (χ2n) is 3.13. The standard InChI is InChI=1S/C10H21NO3/c1-3-9(8-11)7-10(12)14-6-5-13-4-2/h9H,3-8,11H2,1-2H3. The van der Waals surface area contributed by atoms with Gasteiger partial charge in [0, 0.05) is 13.0 Å². The van der Waals surface area contributed by atoms with E-state index in [1.807, 2.05) is 13.8 Å². The minimum Gasteiger partial charge on any atom is -0.463 e. The first-order valence-corrected chi connectivity index (χ1v) is 5.18. The molecule has 84 valence electrons. The van der Waals surface area contributed by atoms with Crippen molar-refractivity contribution in [3.8, 4) is 0 Å². The molecule has 1 unspecified atom stereocenters. The van der Waals surface area contributed by atoms with Gasteiger partial charge in [-0.15, -0.1) is 0 Å². The van der Waals surface area contributed by atoms with Gasteiger partial charge < -0.3 is 15.2 Å². The van der Waals surface area contributed by atoms with Gasteiger partial charge in [0.1, 0.15) is 6.61 Å². The molecule has 0 aromatic carbocycles. The monoisotopic (exact) mass is 203 g/mol. The first-order chi connectivity index (χ1) is 6.74. The molecule has 14 heavy (non-hydrogen) atoms. The van der Waals surface area contributed by atoms with Crippen LogP contribution in [0.15, 0.2) is 0 Å². The predicted molar refractivity (Wildman–Crippen MR) is 54.9 cm³/mol. The molecule has 0 aromatic rings. The smallest absolute Gasteiger partial charge is 0.306 e. The molecule has 0 fully saturated rings. The lowest BCUT2D eigenvalue weighted by Crippen LogP contribution is -2.20. The van der Waals surface area contributed by atoms with Crippen molar-refractivity contribution in [2.45, 2.75) is 26.7 Å². The van der Waals surface area contributed by atoms with Crippen LogP contribution in [0.2, 0.25) is 0 Å². The first-order valence-electron chi connectivity index (χ1n) is 5.18. The normalized spacial score (nSPS) is 12.5. The van der Waals surface area contributed by atoms with Gasteiger partial charge in [-0.05, 0) is 19.4 Å². The summed E-state index contributed by atoms with van der Waals surface area (Å²) < 4.78 is 10.00. The molecule has 0 heterocycles. The molecule has 0 bridgehead atoms. The molecule has 0 saturated heterocycles. The molecule has 4 heteroatoms. The molecule has 0 rings (SSSR count). The molecular formula is C10H21NO3. The van der Waals surface area contributed by atoms with E-state index in [4.69, 9.17) is 15.2 Å². The second-order valence-corrected chi connectivity index (χ2v) is 3.13. The van der Waals surface area contributed by atoms with Gasteiger partial charge in [0.05, 0.1) is 6.61 Å². The van der Waals surface area contributed by atoms with E-state index in [0.717, 1.165) is 6.42 Å². The van der Waals surface area contributed by atoms with Gasteiger partial charge in [-0.3, -0.25) is 4.79 Å². The van der Waals surface area contributed by atoms with Gasteiger partial charge in [-0.1, -0.05) is 13.3 Å². The fraction of sp³-hybridized carbons (Fsp3) is 0.900. The van der Waals surface area contributed by atoms with Crippen molar-refractivity contribution in [1.29, 1.82) is 0 Å². The Bertz CT molecular complexity index is 146. The Hall–Kier alpha value is -0.610. The Morgan fingerprint density at radius 3 is 2.57 bits per heavy atom. The summed E-state index contributed by atoms with van der Waals surface area (Å²) in [4.78, 5) is 11.2. The highest BCUT2D eigenvalue weighted by Crippen LogP contribution is 2.06. The molecule has 0 aliphatic rings. The summed E-state index contributed by atoms with van der Waals surface area (Å²) in [6.07, 6.45) is 1.33. The van der Waals surface area contributed by atoms with Gasteiger partial charge in [0.2, 0.25) is 0 Å². The van der Waals surface area contributed by atoms with Gasteiger partial charge in [0.15, 0.2) is 0 Å². The van der Waals surface area contributed by atoms with Crippen molar-refractivity contribution >= 4 is 5.97 Å². The third kappa shape index (κ3) is 6.86. The summed E-state index contributed by atoms with van der Waals surface area (Å²) in [5.74, 6) is 0.0663. The van der Waals surface area contributed by atoms with E-state index in [-0.39, 0.29) is 11.9 Å². The third-order valence-corrected chi connectivity index (χ3v) is 2.06. The zero-order valence-electron chi connectivity index (χ0n) is 9.12. The number of rotatable bonds is 8. The summed E-state index contributed by atoms with van der Waals surface area (Å²) in [7, 11) is 0. The summed E-state index contributed by atoms with van der Waals surface area (Å²) in [6.45, 7) is 5.93. The Morgan fingerprint density at radius 1 is 1.36 bits per heavy atom. The lowest BCUT2D eigenvalue weighted by Gasteiger charge is -2.11. The van der Waals surface area contributed by atoms with Crippen molar-refractivity contribution in [2.24, 2.45) is 11.7 Å². The molecule has 0 spiro atoms. The number of carbonyl (C=O) groups excluding carboxylic acids is 1. The summed E-state index contributed by atoms with van der Waals surface area (Å²) in [6, 6.07) is 0. The maximum atomic E-state index is 11.2. The molecule has 2 N–H and O–H groups in total. The lowest BCUT2D eigenvalue weighted by atomic mass is 10.0. The third-order valence-electron chi connectivity index (χ3n) is 2.06. The average molecular weight is 203 g/mol. The van der Waals surface area contributed by atoms with E-state index in [2.05, 4.69) is 0 Å². The van der Waals surface area contributed by atoms with Crippen LogP contribution in [-0.4, -0.2) is 32.3 Å². The van der Waals surface area contributed by atoms with E-state index < -0.39 is 0 Å². The lowest BCUT2D eigenvalue weighted by molar-refractivity contribution is -0.146. The maximum absolute atomic E-state index is 11.2. The van der Waals surface area contributed by atoms with Gasteiger partial charge in [-0.25, -0.2) is 0 Å². The summed E-state index contributed by atoms with van der Waals surface area (Å²) >= 11 is 0. The van der Waals surface area contributed by atoms with Crippen LogP contribution >= 0.6 is 0 Å². The predicted octanol–water partition coefficient (Wildman–Crippen LogP) is 0.941. The molecule has 0 radical (unpaired) electrons. The minimum absolute atomic E-state index is 0.179. The summed E-state index contributed by atoms with van der Waals surface area (Å²) in [5, 5.41) is 0. The van der Waals surface area contributed by atoms with Crippen LogP contribution < -0.4 is 5.73 Å². The minimum atomic E-state index is -0.179. The molecule has 4 nitrogen and oxygen atoms in total. The fourth-order valence-corrected chi connectivity index (χ4v) is 1.05. The van der Waals surface area contributed by atoms with Gasteiger partial charge in [-0.2, -0.15) is 0 Å². The van der Waals surface area contributed by atoms with Crippen molar-refractivity contribution < 1.29 is 14.3 Å². The van der Waals surface area contributed by atoms with E-state index in [1.54, 1.807) is 0 Å². The van der Waals surface area contributed by atoms with E-state index in [0.29, 0.717) is 32.8 Å². The molecule has 1 atom stereocenters. The quantitative estimate of drug-likeness (QED) is 0.471. The van der Waals surface area contributed by atoms with Crippen LogP contribution in [0.4, 0.5) is 0 Å². The first kappa shape index (κ1) is 13.4. The highest BCUT2D eigenvalue weighted by atomic mass is 16.6. The SMILES string of the molecule is CCOCCOC(=O)CC(CC)CN. The van der Waals surface area contributed by atoms with Crippen LogP contribution in [0.25, 0.3) is 0 Å². The van der Waals surface area contributed by atoms with Gasteiger partial charge in [0.25, 0.3) is 0 Å². The number of carbonyl (C=O) groups is 1. The zero-order valence-corrected chi connectivity index (χ0v) is 9.12. The average Bonchev–Trinajstić information content (AvgIpc) is 2.21. The van der Waals surface area contributed by atoms with Crippen molar-refractivity contribution in [2.75, 3.05) is 26.4 Å². The highest BCUT2D eigenvalue weighted by molar-refractivity contribution is 5.69. The fourth-order valence-electron chi connectivity index (χ4n) is 1.05. The van der Waals surface area contributed by atoms with Crippen LogP contribution in [0, 0.1) is 5.92 Å². The number of hydrogen-bond acceptors (Lipinski definition) is 4. The maximum Gasteiger partial charge on any atom is 0.306 e. The second kappa shape index (κ2) is 8.97. The zero-order chi connectivity index (χ0) is 10.8. The van der Waals surface area contributed by atoms with Crippen molar-refractivity contribution in [3.05, 3.63) is 0 Å². The summed E-state index contributed by atoms with van der Waals surface area (Å²) in [5.41, 5.74) is 5.48. The van der Waals surface area contributed by atoms with E-state index in [9.17, 15) is 4.79 Å².